The summed E-state index contributed by atoms with van der Waals surface area (Å²) in [7, 11) is 0. The van der Waals surface area contributed by atoms with Gasteiger partial charge >= 0.3 is 5.69 Å². The second-order valence-corrected chi connectivity index (χ2v) is 5.54. The number of aliphatic hydroxyl groups excluding tert-OH is 1. The first kappa shape index (κ1) is 14.9. The van der Waals surface area contributed by atoms with Crippen LogP contribution in [0.4, 0.5) is 0 Å². The lowest BCUT2D eigenvalue weighted by atomic mass is 10.2. The van der Waals surface area contributed by atoms with Gasteiger partial charge in [0, 0.05) is 17.0 Å². The molecule has 2 rings (SSSR count). The molecule has 2 N–H and O–H groups in total. The molecule has 0 radical (unpaired) electrons. The fourth-order valence-electron chi connectivity index (χ4n) is 1.93. The molecule has 1 aromatic heterocycles. The predicted octanol–water partition coefficient (Wildman–Crippen LogP) is 0.986. The number of rotatable bonds is 3. The number of nitrogens with one attached hydrogen (secondary N) is 1. The van der Waals surface area contributed by atoms with Crippen LogP contribution in [0.3, 0.4) is 0 Å². The van der Waals surface area contributed by atoms with Crippen LogP contribution in [-0.4, -0.2) is 31.3 Å². The summed E-state index contributed by atoms with van der Waals surface area (Å²) in [4.78, 5) is 27.1. The van der Waals surface area contributed by atoms with Crippen LogP contribution in [0.1, 0.15) is 18.2 Å². The monoisotopic (exact) mass is 442 g/mol. The van der Waals surface area contributed by atoms with Crippen molar-refractivity contribution in [3.8, 4) is 0 Å². The van der Waals surface area contributed by atoms with Crippen molar-refractivity contribution >= 4 is 44.6 Å². The molecule has 1 fully saturated rings. The molecule has 0 amide bonds. The molecule has 1 aromatic rings. The lowest BCUT2D eigenvalue weighted by Gasteiger charge is -2.14. The van der Waals surface area contributed by atoms with E-state index in [-0.39, 0.29) is 6.10 Å². The highest BCUT2D eigenvalue weighted by Crippen LogP contribution is 2.28. The smallest absolute Gasteiger partial charge is 0.330 e. The van der Waals surface area contributed by atoms with Gasteiger partial charge in [0.1, 0.15) is 6.23 Å². The van der Waals surface area contributed by atoms with Crippen LogP contribution >= 0.6 is 38.5 Å². The van der Waals surface area contributed by atoms with E-state index in [0.717, 1.165) is 0 Å². The van der Waals surface area contributed by atoms with E-state index < -0.39 is 23.6 Å². The van der Waals surface area contributed by atoms with E-state index in [0.29, 0.717) is 16.4 Å². The Morgan fingerprint density at radius 2 is 2.37 bits per heavy atom. The number of nitrogens with zero attached hydrogens (tertiary/aromatic N) is 1. The second kappa shape index (κ2) is 6.33. The summed E-state index contributed by atoms with van der Waals surface area (Å²) in [6.07, 6.45) is 1.86. The van der Waals surface area contributed by atoms with Crippen molar-refractivity contribution in [3.63, 3.8) is 0 Å². The van der Waals surface area contributed by atoms with Gasteiger partial charge in [-0.3, -0.25) is 14.3 Å². The number of aromatic nitrogens is 2. The first-order chi connectivity index (χ1) is 9.06. The van der Waals surface area contributed by atoms with Crippen LogP contribution in [0.15, 0.2) is 20.8 Å². The first-order valence-corrected chi connectivity index (χ1v) is 8.02. The molecule has 104 valence electrons. The lowest BCUT2D eigenvalue weighted by Crippen LogP contribution is -2.33. The highest BCUT2D eigenvalue weighted by molar-refractivity contribution is 14.1. The molecule has 0 aromatic carbocycles. The van der Waals surface area contributed by atoms with Crippen molar-refractivity contribution in [2.75, 3.05) is 4.43 Å². The second-order valence-electron chi connectivity index (χ2n) is 4.13. The number of aromatic amines is 1. The maximum Gasteiger partial charge on any atom is 0.330 e. The fourth-order valence-corrected chi connectivity index (χ4v) is 3.01. The summed E-state index contributed by atoms with van der Waals surface area (Å²) in [5, 5.41) is 9.80. The molecule has 2 heterocycles. The van der Waals surface area contributed by atoms with Gasteiger partial charge in [-0.05, 0) is 11.1 Å². The quantitative estimate of drug-likeness (QED) is 0.540. The zero-order valence-corrected chi connectivity index (χ0v) is 13.5. The Hall–Kier alpha value is -0.450. The molecular weight excluding hydrogens is 431 g/mol. The Bertz CT molecular complexity index is 597. The number of aliphatic hydroxyl groups is 1. The largest absolute Gasteiger partial charge is 0.390 e. The van der Waals surface area contributed by atoms with Gasteiger partial charge in [-0.25, -0.2) is 4.79 Å². The van der Waals surface area contributed by atoms with Crippen molar-refractivity contribution in [1.29, 1.82) is 0 Å². The Morgan fingerprint density at radius 1 is 1.63 bits per heavy atom. The van der Waals surface area contributed by atoms with Crippen LogP contribution in [0.2, 0.25) is 0 Å². The molecule has 19 heavy (non-hydrogen) atoms. The van der Waals surface area contributed by atoms with E-state index in [4.69, 9.17) is 4.74 Å². The molecule has 8 heteroatoms. The Kier molecular flexibility index (Phi) is 4.98. The topological polar surface area (TPSA) is 84.3 Å². The molecular formula is C11H12BrIN2O4. The van der Waals surface area contributed by atoms with E-state index >= 15 is 0 Å². The van der Waals surface area contributed by atoms with Crippen molar-refractivity contribution in [2.24, 2.45) is 0 Å². The Labute approximate surface area is 130 Å². The number of H-pyrrole nitrogens is 1. The summed E-state index contributed by atoms with van der Waals surface area (Å²) in [5.41, 5.74) is -0.656. The predicted molar refractivity (Wildman–Crippen MR) is 82.7 cm³/mol. The summed E-state index contributed by atoms with van der Waals surface area (Å²) >= 11 is 5.20. The highest BCUT2D eigenvalue weighted by Gasteiger charge is 2.34. The average Bonchev–Trinajstić information content (AvgIpc) is 2.74. The van der Waals surface area contributed by atoms with Crippen molar-refractivity contribution < 1.29 is 9.84 Å². The van der Waals surface area contributed by atoms with Crippen LogP contribution in [0, 0.1) is 0 Å². The minimum absolute atomic E-state index is 0.292. The zero-order chi connectivity index (χ0) is 14.0. The van der Waals surface area contributed by atoms with E-state index in [2.05, 4.69) is 43.5 Å². The summed E-state index contributed by atoms with van der Waals surface area (Å²) in [5.74, 6) is 0. The third-order valence-corrected chi connectivity index (χ3v) is 4.04. The maximum atomic E-state index is 11.8. The molecule has 1 aliphatic rings. The summed E-state index contributed by atoms with van der Waals surface area (Å²) < 4.78 is 7.56. The van der Waals surface area contributed by atoms with E-state index in [1.165, 1.54) is 21.8 Å². The van der Waals surface area contributed by atoms with Gasteiger partial charge in [-0.1, -0.05) is 38.5 Å². The minimum Gasteiger partial charge on any atom is -0.390 e. The molecule has 6 nitrogen and oxygen atoms in total. The van der Waals surface area contributed by atoms with Gasteiger partial charge in [0.15, 0.2) is 0 Å². The lowest BCUT2D eigenvalue weighted by molar-refractivity contribution is -0.00612. The molecule has 0 bridgehead atoms. The third kappa shape index (κ3) is 3.18. The van der Waals surface area contributed by atoms with Gasteiger partial charge in [0.05, 0.1) is 17.8 Å². The first-order valence-electron chi connectivity index (χ1n) is 5.58. The van der Waals surface area contributed by atoms with E-state index in [1.807, 2.05) is 0 Å². The fraction of sp³-hybridized carbons (Fsp3) is 0.455. The van der Waals surface area contributed by atoms with Crippen molar-refractivity contribution in [2.45, 2.75) is 24.9 Å². The Balaban J connectivity index is 2.38. The third-order valence-electron chi connectivity index (χ3n) is 2.90. The van der Waals surface area contributed by atoms with Gasteiger partial charge in [0.2, 0.25) is 0 Å². The average molecular weight is 443 g/mol. The van der Waals surface area contributed by atoms with E-state index in [1.54, 1.807) is 0 Å². The van der Waals surface area contributed by atoms with Gasteiger partial charge in [0.25, 0.3) is 5.56 Å². The standard InChI is InChI=1S/C11H12BrIN2O4/c12-2-1-6-5-15(11(18)14-10(6)17)9-3-7(16)8(4-13)19-9/h1-2,5,7-9,16H,3-4H2,(H,14,17,18)/t7-,8+,9+/m0/s1. The molecule has 0 aliphatic carbocycles. The van der Waals surface area contributed by atoms with Crippen LogP contribution in [0.5, 0.6) is 0 Å². The normalized spacial score (nSPS) is 27.2. The highest BCUT2D eigenvalue weighted by atomic mass is 127. The van der Waals surface area contributed by atoms with Crippen molar-refractivity contribution in [1.82, 2.24) is 9.55 Å². The van der Waals surface area contributed by atoms with Crippen LogP contribution in [0.25, 0.3) is 6.08 Å². The summed E-state index contributed by atoms with van der Waals surface area (Å²) in [6, 6.07) is 0. The maximum absolute atomic E-state index is 11.8. The number of hydrogen-bond donors (Lipinski definition) is 2. The number of alkyl halides is 1. The van der Waals surface area contributed by atoms with Crippen LogP contribution < -0.4 is 11.2 Å². The number of hydrogen-bond acceptors (Lipinski definition) is 4. The molecule has 0 spiro atoms. The molecule has 0 saturated carbocycles. The van der Waals surface area contributed by atoms with E-state index in [9.17, 15) is 14.7 Å². The number of halogens is 2. The van der Waals surface area contributed by atoms with Crippen molar-refractivity contribution in [3.05, 3.63) is 37.6 Å². The minimum atomic E-state index is -0.601. The molecule has 3 atom stereocenters. The van der Waals surface area contributed by atoms with Gasteiger partial charge in [-0.2, -0.15) is 0 Å². The zero-order valence-electron chi connectivity index (χ0n) is 9.75. The molecule has 1 aliphatic heterocycles. The summed E-state index contributed by atoms with van der Waals surface area (Å²) in [6.45, 7) is 0. The SMILES string of the molecule is O=c1[nH]c(=O)n([C@H]2C[C@H](O)[C@@H](CI)O2)cc1C=CBr. The van der Waals surface area contributed by atoms with Gasteiger partial charge in [-0.15, -0.1) is 0 Å². The molecule has 1 saturated heterocycles. The number of ether oxygens (including phenoxy) is 1. The Morgan fingerprint density at radius 3 is 2.95 bits per heavy atom. The van der Waals surface area contributed by atoms with Gasteiger partial charge < -0.3 is 9.84 Å². The van der Waals surface area contributed by atoms with Crippen LogP contribution in [-0.2, 0) is 4.74 Å². The molecule has 0 unspecified atom stereocenters.